The summed E-state index contributed by atoms with van der Waals surface area (Å²) in [5, 5.41) is 3.66. The largest absolute Gasteiger partial charge is 0.360 e. The Morgan fingerprint density at radius 2 is 1.76 bits per heavy atom. The Morgan fingerprint density at radius 1 is 1.10 bits per heavy atom. The van der Waals surface area contributed by atoms with Crippen molar-refractivity contribution in [3.05, 3.63) is 41.2 Å². The minimum atomic E-state index is -3.90. The third-order valence-corrected chi connectivity index (χ3v) is 7.18. The minimum Gasteiger partial charge on any atom is -0.360 e. The first-order chi connectivity index (χ1) is 13.8. The fraction of sp³-hybridized carbons (Fsp3) is 0.450. The van der Waals surface area contributed by atoms with E-state index in [1.54, 1.807) is 26.0 Å². The van der Waals surface area contributed by atoms with Gasteiger partial charge in [0.25, 0.3) is 10.0 Å². The Balaban J connectivity index is 1.58. The number of amides is 2. The van der Waals surface area contributed by atoms with Crippen LogP contribution in [0.15, 0.2) is 33.7 Å². The maximum absolute atomic E-state index is 12.8. The van der Waals surface area contributed by atoms with E-state index in [1.807, 2.05) is 0 Å². The number of nitrogens with one attached hydrogen (secondary N) is 1. The van der Waals surface area contributed by atoms with E-state index in [-0.39, 0.29) is 40.9 Å². The zero-order chi connectivity index (χ0) is 20.8. The van der Waals surface area contributed by atoms with Crippen molar-refractivity contribution in [1.82, 2.24) is 10.1 Å². The molecule has 1 aromatic carbocycles. The van der Waals surface area contributed by atoms with Crippen LogP contribution in [0.5, 0.6) is 0 Å². The molecule has 2 atom stereocenters. The average Bonchev–Trinajstić information content (AvgIpc) is 3.19. The summed E-state index contributed by atoms with van der Waals surface area (Å²) in [6, 6.07) is 6.42. The smallest absolute Gasteiger partial charge is 0.263 e. The highest BCUT2D eigenvalue weighted by atomic mass is 32.2. The molecule has 0 bridgehead atoms. The second kappa shape index (κ2) is 7.29. The van der Waals surface area contributed by atoms with Gasteiger partial charge in [0.15, 0.2) is 5.82 Å². The predicted molar refractivity (Wildman–Crippen MR) is 104 cm³/mol. The van der Waals surface area contributed by atoms with Crippen LogP contribution in [0.4, 0.5) is 5.82 Å². The maximum atomic E-state index is 12.8. The van der Waals surface area contributed by atoms with Crippen LogP contribution in [0.1, 0.15) is 42.6 Å². The second-order valence-electron chi connectivity index (χ2n) is 7.79. The van der Waals surface area contributed by atoms with Gasteiger partial charge in [-0.15, -0.1) is 0 Å². The number of hydrogen-bond acceptors (Lipinski definition) is 6. The first-order valence-electron chi connectivity index (χ1n) is 9.67. The Morgan fingerprint density at radius 3 is 2.34 bits per heavy atom. The number of fused-ring (bicyclic) bond motifs is 1. The lowest BCUT2D eigenvalue weighted by atomic mass is 9.81. The van der Waals surface area contributed by atoms with Crippen molar-refractivity contribution < 1.29 is 22.5 Å². The van der Waals surface area contributed by atoms with E-state index in [4.69, 9.17) is 4.52 Å². The Bertz CT molecular complexity index is 1050. The van der Waals surface area contributed by atoms with E-state index in [9.17, 15) is 18.0 Å². The fourth-order valence-corrected chi connectivity index (χ4v) is 5.49. The molecule has 2 amide bonds. The van der Waals surface area contributed by atoms with Gasteiger partial charge in [-0.05, 0) is 43.9 Å². The van der Waals surface area contributed by atoms with Crippen molar-refractivity contribution in [3.63, 3.8) is 0 Å². The number of nitrogens with zero attached hydrogens (tertiary/aromatic N) is 2. The summed E-state index contributed by atoms with van der Waals surface area (Å²) in [5.41, 5.74) is 1.14. The molecular weight excluding hydrogens is 394 g/mol. The summed E-state index contributed by atoms with van der Waals surface area (Å²) in [6.45, 7) is 3.43. The number of carbonyl (C=O) groups is 2. The number of imide groups is 1. The van der Waals surface area contributed by atoms with E-state index >= 15 is 0 Å². The van der Waals surface area contributed by atoms with E-state index in [2.05, 4.69) is 9.88 Å². The third kappa shape index (κ3) is 3.66. The molecule has 1 saturated carbocycles. The minimum absolute atomic E-state index is 0.0761. The summed E-state index contributed by atoms with van der Waals surface area (Å²) in [6.07, 6.45) is 3.43. The van der Waals surface area contributed by atoms with Crippen molar-refractivity contribution in [1.29, 1.82) is 0 Å². The first kappa shape index (κ1) is 19.6. The number of sulfonamides is 1. The first-order valence-corrected chi connectivity index (χ1v) is 11.2. The lowest BCUT2D eigenvalue weighted by molar-refractivity contribution is -0.140. The quantitative estimate of drug-likeness (QED) is 0.749. The van der Waals surface area contributed by atoms with Gasteiger partial charge in [0.1, 0.15) is 5.76 Å². The molecular formula is C20H23N3O5S. The van der Waals surface area contributed by atoms with E-state index < -0.39 is 10.0 Å². The molecule has 154 valence electrons. The highest BCUT2D eigenvalue weighted by Gasteiger charge is 2.47. The summed E-state index contributed by atoms with van der Waals surface area (Å²) < 4.78 is 32.9. The summed E-state index contributed by atoms with van der Waals surface area (Å²) >= 11 is 0. The van der Waals surface area contributed by atoms with Crippen molar-refractivity contribution in [2.45, 2.75) is 51.0 Å². The number of likely N-dealkylation sites (tertiary alicyclic amines) is 1. The van der Waals surface area contributed by atoms with Gasteiger partial charge >= 0.3 is 0 Å². The van der Waals surface area contributed by atoms with Crippen LogP contribution in [0, 0.1) is 25.7 Å². The number of benzene rings is 1. The van der Waals surface area contributed by atoms with Gasteiger partial charge in [-0.3, -0.25) is 19.2 Å². The lowest BCUT2D eigenvalue weighted by Crippen LogP contribution is -2.30. The average molecular weight is 417 g/mol. The number of rotatable bonds is 5. The molecule has 1 aliphatic heterocycles. The van der Waals surface area contributed by atoms with Crippen LogP contribution in [0.2, 0.25) is 0 Å². The molecule has 8 nitrogen and oxygen atoms in total. The van der Waals surface area contributed by atoms with Crippen molar-refractivity contribution >= 4 is 27.7 Å². The zero-order valence-electron chi connectivity index (χ0n) is 16.3. The Hall–Kier alpha value is -2.68. The van der Waals surface area contributed by atoms with Gasteiger partial charge in [0.05, 0.1) is 23.3 Å². The van der Waals surface area contributed by atoms with Crippen LogP contribution in [-0.4, -0.2) is 30.3 Å². The van der Waals surface area contributed by atoms with E-state index in [0.29, 0.717) is 16.9 Å². The molecule has 0 spiro atoms. The molecule has 2 aliphatic rings. The monoisotopic (exact) mass is 417 g/mol. The number of aryl methyl sites for hydroxylation is 2. The summed E-state index contributed by atoms with van der Waals surface area (Å²) in [7, 11) is -3.90. The normalized spacial score (nSPS) is 22.1. The van der Waals surface area contributed by atoms with Crippen LogP contribution in [0.3, 0.4) is 0 Å². The SMILES string of the molecule is Cc1cc(NS(=O)(=O)c2cc(CN3C(=O)[C@@H]4CCCC[C@H]4C3=O)ccc2C)no1. The van der Waals surface area contributed by atoms with Crippen LogP contribution in [0.25, 0.3) is 0 Å². The standard InChI is InChI=1S/C20H23N3O5S/c1-12-7-8-14(10-17(12)29(26,27)22-18-9-13(2)28-21-18)11-23-19(24)15-5-3-4-6-16(15)20(23)25/h7-10,15-16H,3-6,11H2,1-2H3,(H,21,22)/t15-,16-/m1/s1. The number of aromatic nitrogens is 1. The molecule has 4 rings (SSSR count). The third-order valence-electron chi connectivity index (χ3n) is 5.68. The molecule has 9 heteroatoms. The van der Waals surface area contributed by atoms with Gasteiger partial charge in [0.2, 0.25) is 11.8 Å². The van der Waals surface area contributed by atoms with Crippen LogP contribution in [-0.2, 0) is 26.2 Å². The molecule has 2 heterocycles. The number of anilines is 1. The Kier molecular flexibility index (Phi) is 4.94. The van der Waals surface area contributed by atoms with Gasteiger partial charge in [-0.2, -0.15) is 0 Å². The van der Waals surface area contributed by atoms with Gasteiger partial charge in [-0.1, -0.05) is 30.1 Å². The van der Waals surface area contributed by atoms with Crippen LogP contribution < -0.4 is 4.72 Å². The molecule has 0 unspecified atom stereocenters. The van der Waals surface area contributed by atoms with Crippen molar-refractivity contribution in [2.24, 2.45) is 11.8 Å². The van der Waals surface area contributed by atoms with E-state index in [1.165, 1.54) is 17.0 Å². The summed E-state index contributed by atoms with van der Waals surface area (Å²) in [4.78, 5) is 26.8. The van der Waals surface area contributed by atoms with Gasteiger partial charge in [-0.25, -0.2) is 8.42 Å². The molecule has 2 fully saturated rings. The van der Waals surface area contributed by atoms with Gasteiger partial charge < -0.3 is 4.52 Å². The molecule has 0 radical (unpaired) electrons. The number of carbonyl (C=O) groups excluding carboxylic acids is 2. The van der Waals surface area contributed by atoms with Crippen LogP contribution >= 0.6 is 0 Å². The second-order valence-corrected chi connectivity index (χ2v) is 9.44. The molecule has 1 N–H and O–H groups in total. The molecule has 29 heavy (non-hydrogen) atoms. The summed E-state index contributed by atoms with van der Waals surface area (Å²) in [5.74, 6) is -0.132. The number of hydrogen-bond donors (Lipinski definition) is 1. The Labute approximate surface area is 169 Å². The lowest BCUT2D eigenvalue weighted by Gasteiger charge is -2.19. The van der Waals surface area contributed by atoms with Gasteiger partial charge in [0, 0.05) is 6.07 Å². The van der Waals surface area contributed by atoms with Crippen molar-refractivity contribution in [2.75, 3.05) is 4.72 Å². The highest BCUT2D eigenvalue weighted by Crippen LogP contribution is 2.38. The zero-order valence-corrected chi connectivity index (χ0v) is 17.2. The topological polar surface area (TPSA) is 110 Å². The highest BCUT2D eigenvalue weighted by molar-refractivity contribution is 7.92. The molecule has 2 aromatic rings. The maximum Gasteiger partial charge on any atom is 0.263 e. The van der Waals surface area contributed by atoms with Crippen molar-refractivity contribution in [3.8, 4) is 0 Å². The molecule has 1 saturated heterocycles. The predicted octanol–water partition coefficient (Wildman–Crippen LogP) is 2.77. The fourth-order valence-electron chi connectivity index (χ4n) is 4.21. The molecule has 1 aliphatic carbocycles. The van der Waals surface area contributed by atoms with E-state index in [0.717, 1.165) is 25.7 Å². The molecule has 1 aromatic heterocycles.